The van der Waals surface area contributed by atoms with Crippen molar-refractivity contribution in [2.24, 2.45) is 0 Å². The molecule has 0 bridgehead atoms. The van der Waals surface area contributed by atoms with Crippen LogP contribution in [-0.2, 0) is 6.42 Å². The Bertz CT molecular complexity index is 527. The van der Waals surface area contributed by atoms with Gasteiger partial charge in [0, 0.05) is 4.88 Å². The molecule has 0 spiro atoms. The lowest BCUT2D eigenvalue weighted by molar-refractivity contribution is 0.507. The molecule has 0 saturated carbocycles. The minimum Gasteiger partial charge on any atom is -0.204 e. The van der Waals surface area contributed by atoms with Gasteiger partial charge in [-0.3, -0.25) is 0 Å². The van der Waals surface area contributed by atoms with E-state index < -0.39 is 11.6 Å². The highest BCUT2D eigenvalue weighted by molar-refractivity contribution is 9.09. The van der Waals surface area contributed by atoms with Gasteiger partial charge in [-0.1, -0.05) is 33.6 Å². The van der Waals surface area contributed by atoms with Crippen molar-refractivity contribution >= 4 is 38.9 Å². The molecule has 0 N–H and O–H groups in total. The molecule has 0 radical (unpaired) electrons. The van der Waals surface area contributed by atoms with Crippen LogP contribution < -0.4 is 0 Å². The highest BCUT2D eigenvalue weighted by Crippen LogP contribution is 2.34. The highest BCUT2D eigenvalue weighted by atomic mass is 79.9. The van der Waals surface area contributed by atoms with E-state index in [2.05, 4.69) is 15.9 Å². The van der Waals surface area contributed by atoms with Gasteiger partial charge in [-0.05, 0) is 36.2 Å². The zero-order chi connectivity index (χ0) is 12.4. The van der Waals surface area contributed by atoms with E-state index in [1.54, 1.807) is 6.07 Å². The van der Waals surface area contributed by atoms with Crippen molar-refractivity contribution in [3.05, 3.63) is 56.7 Å². The third-order valence-corrected chi connectivity index (χ3v) is 4.77. The topological polar surface area (TPSA) is 0 Å². The quantitative estimate of drug-likeness (QED) is 0.662. The smallest absolute Gasteiger partial charge is 0.159 e. The fraction of sp³-hybridized carbons (Fsp3) is 0.167. The second-order valence-electron chi connectivity index (χ2n) is 3.56. The Morgan fingerprint density at radius 2 is 1.94 bits per heavy atom. The summed E-state index contributed by atoms with van der Waals surface area (Å²) in [5.41, 5.74) is 0.746. The summed E-state index contributed by atoms with van der Waals surface area (Å²) in [4.78, 5) is 1.13. The zero-order valence-corrected chi connectivity index (χ0v) is 11.7. The van der Waals surface area contributed by atoms with Crippen LogP contribution in [0.15, 0.2) is 30.3 Å². The fourth-order valence-electron chi connectivity index (χ4n) is 1.47. The van der Waals surface area contributed by atoms with Crippen LogP contribution in [0.25, 0.3) is 0 Å². The Morgan fingerprint density at radius 3 is 2.53 bits per heavy atom. The van der Waals surface area contributed by atoms with Crippen molar-refractivity contribution in [3.63, 3.8) is 0 Å². The first-order valence-corrected chi connectivity index (χ1v) is 7.00. The van der Waals surface area contributed by atoms with E-state index in [9.17, 15) is 8.78 Å². The largest absolute Gasteiger partial charge is 0.204 e. The maximum Gasteiger partial charge on any atom is 0.159 e. The van der Waals surface area contributed by atoms with Crippen LogP contribution >= 0.6 is 38.9 Å². The molecule has 0 saturated heterocycles. The van der Waals surface area contributed by atoms with Gasteiger partial charge >= 0.3 is 0 Å². The molecule has 1 unspecified atom stereocenters. The first-order chi connectivity index (χ1) is 8.06. The molecule has 2 aromatic rings. The summed E-state index contributed by atoms with van der Waals surface area (Å²) in [6.07, 6.45) is 0.591. The number of alkyl halides is 1. The minimum atomic E-state index is -0.820. The third kappa shape index (κ3) is 3.27. The van der Waals surface area contributed by atoms with Crippen LogP contribution in [0.4, 0.5) is 8.78 Å². The number of hydrogen-bond acceptors (Lipinski definition) is 1. The van der Waals surface area contributed by atoms with Crippen LogP contribution in [0.3, 0.4) is 0 Å². The Labute approximate surface area is 115 Å². The van der Waals surface area contributed by atoms with Gasteiger partial charge in [0.2, 0.25) is 0 Å². The number of rotatable bonds is 3. The van der Waals surface area contributed by atoms with E-state index in [1.807, 2.05) is 12.1 Å². The summed E-state index contributed by atoms with van der Waals surface area (Å²) >= 11 is 10.8. The summed E-state index contributed by atoms with van der Waals surface area (Å²) < 4.78 is 26.5. The fourth-order valence-corrected chi connectivity index (χ4v) is 3.32. The molecule has 90 valence electrons. The molecule has 0 fully saturated rings. The maximum atomic E-state index is 13.0. The highest BCUT2D eigenvalue weighted by Gasteiger charge is 2.12. The van der Waals surface area contributed by atoms with E-state index in [0.29, 0.717) is 6.42 Å². The van der Waals surface area contributed by atoms with Crippen molar-refractivity contribution in [1.29, 1.82) is 0 Å². The van der Waals surface area contributed by atoms with Gasteiger partial charge in [-0.2, -0.15) is 0 Å². The molecule has 1 aromatic carbocycles. The van der Waals surface area contributed by atoms with E-state index in [4.69, 9.17) is 11.6 Å². The van der Waals surface area contributed by atoms with E-state index in [0.717, 1.165) is 20.8 Å². The molecule has 0 aliphatic rings. The third-order valence-electron chi connectivity index (χ3n) is 2.30. The molecule has 0 aliphatic carbocycles. The van der Waals surface area contributed by atoms with Gasteiger partial charge in [0.25, 0.3) is 0 Å². The molecule has 0 nitrogen and oxygen atoms in total. The maximum absolute atomic E-state index is 13.0. The van der Waals surface area contributed by atoms with Crippen molar-refractivity contribution in [1.82, 2.24) is 0 Å². The second-order valence-corrected chi connectivity index (χ2v) is 6.41. The van der Waals surface area contributed by atoms with E-state index in [-0.39, 0.29) is 4.83 Å². The van der Waals surface area contributed by atoms with Gasteiger partial charge in [-0.15, -0.1) is 11.3 Å². The van der Waals surface area contributed by atoms with Crippen molar-refractivity contribution in [2.45, 2.75) is 11.2 Å². The SMILES string of the molecule is Fc1ccc(CC(Br)c2ccc(Cl)s2)cc1F. The van der Waals surface area contributed by atoms with Gasteiger partial charge < -0.3 is 0 Å². The normalized spacial score (nSPS) is 12.7. The lowest BCUT2D eigenvalue weighted by Crippen LogP contribution is -1.95. The lowest BCUT2D eigenvalue weighted by Gasteiger charge is -2.07. The number of thiophene rings is 1. The van der Waals surface area contributed by atoms with Crippen LogP contribution in [0, 0.1) is 11.6 Å². The summed E-state index contributed by atoms with van der Waals surface area (Å²) in [6.45, 7) is 0. The first-order valence-electron chi connectivity index (χ1n) is 4.89. The average Bonchev–Trinajstić information content (AvgIpc) is 2.70. The number of hydrogen-bond donors (Lipinski definition) is 0. The second kappa shape index (κ2) is 5.46. The lowest BCUT2D eigenvalue weighted by atomic mass is 10.1. The summed E-state index contributed by atoms with van der Waals surface area (Å²) in [5, 5.41) is 0. The van der Waals surface area contributed by atoms with Crippen LogP contribution in [-0.4, -0.2) is 0 Å². The van der Waals surface area contributed by atoms with E-state index in [1.165, 1.54) is 17.4 Å². The molecule has 0 aliphatic heterocycles. The molecular formula is C12H8BrClF2S. The minimum absolute atomic E-state index is 0.0601. The van der Waals surface area contributed by atoms with Crippen LogP contribution in [0.2, 0.25) is 4.34 Å². The Balaban J connectivity index is 2.12. The summed E-state index contributed by atoms with van der Waals surface area (Å²) in [5.74, 6) is -1.63. The van der Waals surface area contributed by atoms with Crippen LogP contribution in [0.5, 0.6) is 0 Å². The monoisotopic (exact) mass is 336 g/mol. The van der Waals surface area contributed by atoms with Crippen LogP contribution in [0.1, 0.15) is 15.3 Å². The predicted octanol–water partition coefficient (Wildman–Crippen LogP) is 5.36. The Kier molecular flexibility index (Phi) is 4.17. The van der Waals surface area contributed by atoms with Crippen molar-refractivity contribution in [3.8, 4) is 0 Å². The van der Waals surface area contributed by atoms with Gasteiger partial charge in [0.15, 0.2) is 11.6 Å². The molecule has 1 heterocycles. The van der Waals surface area contributed by atoms with Gasteiger partial charge in [0.05, 0.1) is 9.16 Å². The molecule has 5 heteroatoms. The number of halogens is 4. The molecular weight excluding hydrogens is 330 g/mol. The van der Waals surface area contributed by atoms with Gasteiger partial charge in [0.1, 0.15) is 0 Å². The van der Waals surface area contributed by atoms with E-state index >= 15 is 0 Å². The number of benzene rings is 1. The summed E-state index contributed by atoms with van der Waals surface area (Å²) in [7, 11) is 0. The molecule has 1 aromatic heterocycles. The molecule has 17 heavy (non-hydrogen) atoms. The zero-order valence-electron chi connectivity index (χ0n) is 8.59. The Hall–Kier alpha value is -0.450. The average molecular weight is 338 g/mol. The van der Waals surface area contributed by atoms with Crippen molar-refractivity contribution in [2.75, 3.05) is 0 Å². The van der Waals surface area contributed by atoms with Gasteiger partial charge in [-0.25, -0.2) is 8.78 Å². The first kappa shape index (κ1) is 13.0. The summed E-state index contributed by atoms with van der Waals surface area (Å²) in [6, 6.07) is 7.69. The van der Waals surface area contributed by atoms with Crippen molar-refractivity contribution < 1.29 is 8.78 Å². The molecule has 0 amide bonds. The Morgan fingerprint density at radius 1 is 1.18 bits per heavy atom. The predicted molar refractivity (Wildman–Crippen MR) is 71.1 cm³/mol. The molecule has 2 rings (SSSR count). The molecule has 1 atom stereocenters. The standard InChI is InChI=1S/C12H8BrClF2S/c13-8(11-3-4-12(14)17-11)5-7-1-2-9(15)10(16)6-7/h1-4,6,8H,5H2.